The largest absolute Gasteiger partial charge is 0.352 e. The van der Waals surface area contributed by atoms with Gasteiger partial charge in [-0.05, 0) is 36.8 Å². The summed E-state index contributed by atoms with van der Waals surface area (Å²) >= 11 is 0. The third-order valence-corrected chi connectivity index (χ3v) is 4.67. The van der Waals surface area contributed by atoms with Crippen molar-refractivity contribution in [3.63, 3.8) is 0 Å². The fourth-order valence-electron chi connectivity index (χ4n) is 3.00. The SMILES string of the molecule is C=CCNC(=O)C1CN(C(=O)c2ccc(F)c(F)c2Nc2ccc(C)cc2F)C1. The molecule has 2 amide bonds. The predicted molar refractivity (Wildman–Crippen MR) is 103 cm³/mol. The van der Waals surface area contributed by atoms with E-state index in [1.165, 1.54) is 17.0 Å². The molecule has 152 valence electrons. The van der Waals surface area contributed by atoms with Crippen molar-refractivity contribution in [3.8, 4) is 0 Å². The zero-order valence-corrected chi connectivity index (χ0v) is 15.8. The fourth-order valence-corrected chi connectivity index (χ4v) is 3.00. The van der Waals surface area contributed by atoms with E-state index in [0.717, 1.165) is 12.1 Å². The quantitative estimate of drug-likeness (QED) is 0.726. The second-order valence-corrected chi connectivity index (χ2v) is 6.83. The van der Waals surface area contributed by atoms with E-state index in [2.05, 4.69) is 17.2 Å². The van der Waals surface area contributed by atoms with Crippen LogP contribution in [0.3, 0.4) is 0 Å². The molecule has 0 bridgehead atoms. The maximum absolute atomic E-state index is 14.4. The molecule has 0 atom stereocenters. The Hall–Kier alpha value is -3.29. The topological polar surface area (TPSA) is 61.4 Å². The third kappa shape index (κ3) is 4.26. The van der Waals surface area contributed by atoms with Crippen LogP contribution in [0, 0.1) is 30.3 Å². The highest BCUT2D eigenvalue weighted by Gasteiger charge is 2.37. The molecular formula is C21H20F3N3O2. The normalized spacial score (nSPS) is 13.6. The monoisotopic (exact) mass is 403 g/mol. The zero-order valence-electron chi connectivity index (χ0n) is 15.8. The lowest BCUT2D eigenvalue weighted by Crippen LogP contribution is -2.55. The Balaban J connectivity index is 1.81. The van der Waals surface area contributed by atoms with E-state index in [0.29, 0.717) is 12.1 Å². The average molecular weight is 403 g/mol. The Morgan fingerprint density at radius 3 is 2.55 bits per heavy atom. The molecule has 0 radical (unpaired) electrons. The molecule has 0 saturated carbocycles. The van der Waals surface area contributed by atoms with Crippen LogP contribution in [-0.4, -0.2) is 36.3 Å². The number of carbonyl (C=O) groups is 2. The van der Waals surface area contributed by atoms with Gasteiger partial charge in [-0.2, -0.15) is 0 Å². The van der Waals surface area contributed by atoms with Gasteiger partial charge in [0, 0.05) is 19.6 Å². The number of anilines is 2. The van der Waals surface area contributed by atoms with Crippen molar-refractivity contribution in [2.45, 2.75) is 6.92 Å². The number of nitrogens with one attached hydrogen (secondary N) is 2. The van der Waals surface area contributed by atoms with Crippen LogP contribution in [0.5, 0.6) is 0 Å². The van der Waals surface area contributed by atoms with Crippen molar-refractivity contribution in [3.05, 3.63) is 71.6 Å². The van der Waals surface area contributed by atoms with Crippen LogP contribution in [0.1, 0.15) is 15.9 Å². The van der Waals surface area contributed by atoms with Crippen LogP contribution in [0.25, 0.3) is 0 Å². The number of halogens is 3. The Morgan fingerprint density at radius 1 is 1.17 bits per heavy atom. The number of benzene rings is 2. The van der Waals surface area contributed by atoms with E-state index in [9.17, 15) is 22.8 Å². The van der Waals surface area contributed by atoms with Gasteiger partial charge in [0.15, 0.2) is 11.6 Å². The maximum Gasteiger partial charge on any atom is 0.256 e. The van der Waals surface area contributed by atoms with Gasteiger partial charge in [0.25, 0.3) is 5.91 Å². The smallest absolute Gasteiger partial charge is 0.256 e. The van der Waals surface area contributed by atoms with E-state index in [1.54, 1.807) is 19.1 Å². The highest BCUT2D eigenvalue weighted by atomic mass is 19.2. The second kappa shape index (κ2) is 8.38. The van der Waals surface area contributed by atoms with Gasteiger partial charge < -0.3 is 15.5 Å². The van der Waals surface area contributed by atoms with Gasteiger partial charge in [-0.15, -0.1) is 6.58 Å². The molecular weight excluding hydrogens is 383 g/mol. The van der Waals surface area contributed by atoms with Crippen molar-refractivity contribution in [1.82, 2.24) is 10.2 Å². The second-order valence-electron chi connectivity index (χ2n) is 6.83. The summed E-state index contributed by atoms with van der Waals surface area (Å²) in [6.45, 7) is 5.83. The molecule has 5 nitrogen and oxygen atoms in total. The van der Waals surface area contributed by atoms with E-state index < -0.39 is 29.0 Å². The molecule has 3 rings (SSSR count). The molecule has 2 aromatic carbocycles. The van der Waals surface area contributed by atoms with E-state index >= 15 is 0 Å². The van der Waals surface area contributed by atoms with Gasteiger partial charge >= 0.3 is 0 Å². The number of likely N-dealkylation sites (tertiary alicyclic amines) is 1. The van der Waals surface area contributed by atoms with Crippen LogP contribution in [-0.2, 0) is 4.79 Å². The highest BCUT2D eigenvalue weighted by molar-refractivity contribution is 6.01. The van der Waals surface area contributed by atoms with Gasteiger partial charge in [-0.25, -0.2) is 13.2 Å². The average Bonchev–Trinajstić information content (AvgIpc) is 2.64. The lowest BCUT2D eigenvalue weighted by Gasteiger charge is -2.38. The Morgan fingerprint density at radius 2 is 1.90 bits per heavy atom. The highest BCUT2D eigenvalue weighted by Crippen LogP contribution is 2.30. The van der Waals surface area contributed by atoms with Crippen LogP contribution < -0.4 is 10.6 Å². The molecule has 1 aliphatic rings. The minimum atomic E-state index is -1.28. The summed E-state index contributed by atoms with van der Waals surface area (Å²) in [5.74, 6) is -4.27. The van der Waals surface area contributed by atoms with Gasteiger partial charge in [0.2, 0.25) is 5.91 Å². The first-order valence-electron chi connectivity index (χ1n) is 9.01. The molecule has 29 heavy (non-hydrogen) atoms. The maximum atomic E-state index is 14.4. The third-order valence-electron chi connectivity index (χ3n) is 4.67. The predicted octanol–water partition coefficient (Wildman–Crippen LogP) is 3.53. The molecule has 0 aromatic heterocycles. The van der Waals surface area contributed by atoms with Gasteiger partial charge in [0.1, 0.15) is 5.82 Å². The Labute approximate surface area is 166 Å². The lowest BCUT2D eigenvalue weighted by atomic mass is 9.97. The number of aryl methyl sites for hydroxylation is 1. The van der Waals surface area contributed by atoms with Crippen LogP contribution in [0.2, 0.25) is 0 Å². The van der Waals surface area contributed by atoms with E-state index in [-0.39, 0.29) is 36.2 Å². The summed E-state index contributed by atoms with van der Waals surface area (Å²) in [5, 5.41) is 5.14. The van der Waals surface area contributed by atoms with Crippen molar-refractivity contribution in [2.24, 2.45) is 5.92 Å². The van der Waals surface area contributed by atoms with Gasteiger partial charge in [-0.1, -0.05) is 12.1 Å². The zero-order chi connectivity index (χ0) is 21.1. The number of rotatable bonds is 6. The van der Waals surface area contributed by atoms with Crippen LogP contribution in [0.4, 0.5) is 24.5 Å². The molecule has 1 aliphatic heterocycles. The lowest BCUT2D eigenvalue weighted by molar-refractivity contribution is -0.128. The van der Waals surface area contributed by atoms with Crippen molar-refractivity contribution >= 4 is 23.2 Å². The number of nitrogens with zero attached hydrogens (tertiary/aromatic N) is 1. The molecule has 0 unspecified atom stereocenters. The van der Waals surface area contributed by atoms with Crippen LogP contribution >= 0.6 is 0 Å². The molecule has 0 spiro atoms. The first-order chi connectivity index (χ1) is 13.8. The van der Waals surface area contributed by atoms with Crippen molar-refractivity contribution in [2.75, 3.05) is 25.0 Å². The fraction of sp³-hybridized carbons (Fsp3) is 0.238. The molecule has 0 aliphatic carbocycles. The molecule has 1 saturated heterocycles. The summed E-state index contributed by atoms with van der Waals surface area (Å²) in [5.41, 5.74) is -0.0176. The summed E-state index contributed by atoms with van der Waals surface area (Å²) in [7, 11) is 0. The summed E-state index contributed by atoms with van der Waals surface area (Å²) < 4.78 is 42.4. The standard InChI is InChI=1S/C21H20F3N3O2/c1-3-8-25-20(28)13-10-27(11-13)21(29)14-5-6-15(22)18(24)19(14)26-17-7-4-12(2)9-16(17)23/h3-7,9,13,26H,1,8,10-11H2,2H3,(H,25,28). The number of carbonyl (C=O) groups excluding carboxylic acids is 2. The van der Waals surface area contributed by atoms with Crippen molar-refractivity contribution in [1.29, 1.82) is 0 Å². The first kappa shape index (κ1) is 20.4. The Bertz CT molecular complexity index is 972. The molecule has 1 fully saturated rings. The first-order valence-corrected chi connectivity index (χ1v) is 9.01. The molecule has 2 N–H and O–H groups in total. The van der Waals surface area contributed by atoms with Gasteiger partial charge in [-0.3, -0.25) is 9.59 Å². The number of hydrogen-bond donors (Lipinski definition) is 2. The van der Waals surface area contributed by atoms with Gasteiger partial charge in [0.05, 0.1) is 22.9 Å². The molecule has 1 heterocycles. The van der Waals surface area contributed by atoms with Crippen molar-refractivity contribution < 1.29 is 22.8 Å². The van der Waals surface area contributed by atoms with E-state index in [4.69, 9.17) is 0 Å². The number of hydrogen-bond acceptors (Lipinski definition) is 3. The summed E-state index contributed by atoms with van der Waals surface area (Å²) in [6.07, 6.45) is 1.54. The summed E-state index contributed by atoms with van der Waals surface area (Å²) in [6, 6.07) is 6.20. The minimum absolute atomic E-state index is 0.0839. The Kier molecular flexibility index (Phi) is 5.91. The number of amides is 2. The minimum Gasteiger partial charge on any atom is -0.352 e. The molecule has 2 aromatic rings. The van der Waals surface area contributed by atoms with Crippen LogP contribution in [0.15, 0.2) is 43.0 Å². The van der Waals surface area contributed by atoms with E-state index in [1.807, 2.05) is 0 Å². The molecule has 8 heteroatoms. The summed E-state index contributed by atoms with van der Waals surface area (Å²) in [4.78, 5) is 26.0.